The molecule has 0 amide bonds. The minimum absolute atomic E-state index is 0.0420. The number of phenols is 1. The van der Waals surface area contributed by atoms with Gasteiger partial charge in [0.15, 0.2) is 0 Å². The lowest BCUT2D eigenvalue weighted by atomic mass is 10.3. The first-order valence-corrected chi connectivity index (χ1v) is 5.79. The third kappa shape index (κ3) is 2.57. The Bertz CT molecular complexity index is 436. The van der Waals surface area contributed by atoms with Crippen LogP contribution >= 0.6 is 0 Å². The first-order valence-electron chi connectivity index (χ1n) is 4.34. The van der Waals surface area contributed by atoms with Crippen LogP contribution in [-0.4, -0.2) is 31.4 Å². The molecule has 1 N–H and O–H groups in total. The third-order valence-electron chi connectivity index (χ3n) is 1.93. The zero-order valence-electron chi connectivity index (χ0n) is 8.42. The summed E-state index contributed by atoms with van der Waals surface area (Å²) in [6.07, 6.45) is 1.51. The summed E-state index contributed by atoms with van der Waals surface area (Å²) in [7, 11) is -1.99. The van der Waals surface area contributed by atoms with Crippen LogP contribution in [0.4, 0.5) is 0 Å². The van der Waals surface area contributed by atoms with E-state index < -0.39 is 10.0 Å². The van der Waals surface area contributed by atoms with Crippen molar-refractivity contribution < 1.29 is 13.5 Å². The number of sulfonamides is 1. The number of rotatable bonds is 4. The SMILES string of the molecule is C=CCN(C)S(=O)(=O)c1ccc(O)cc1. The van der Waals surface area contributed by atoms with E-state index >= 15 is 0 Å². The molecule has 5 heteroatoms. The van der Waals surface area contributed by atoms with Gasteiger partial charge < -0.3 is 5.11 Å². The van der Waals surface area contributed by atoms with Crippen LogP contribution in [0.15, 0.2) is 41.8 Å². The lowest BCUT2D eigenvalue weighted by Gasteiger charge is -2.14. The number of phenolic OH excluding ortho intramolecular Hbond substituents is 1. The lowest BCUT2D eigenvalue weighted by Crippen LogP contribution is -2.26. The van der Waals surface area contributed by atoms with Crippen molar-refractivity contribution in [3.63, 3.8) is 0 Å². The van der Waals surface area contributed by atoms with Gasteiger partial charge in [0.05, 0.1) is 4.90 Å². The summed E-state index contributed by atoms with van der Waals surface area (Å²) < 4.78 is 24.8. The van der Waals surface area contributed by atoms with Crippen LogP contribution in [0.5, 0.6) is 5.75 Å². The molecule has 0 unspecified atom stereocenters. The Kier molecular flexibility index (Phi) is 3.49. The molecule has 4 nitrogen and oxygen atoms in total. The van der Waals surface area contributed by atoms with Gasteiger partial charge in [0, 0.05) is 13.6 Å². The molecule has 0 atom stereocenters. The highest BCUT2D eigenvalue weighted by atomic mass is 32.2. The Hall–Kier alpha value is -1.33. The summed E-state index contributed by atoms with van der Waals surface area (Å²) in [6, 6.07) is 5.41. The van der Waals surface area contributed by atoms with Crippen molar-refractivity contribution in [1.29, 1.82) is 0 Å². The Balaban J connectivity index is 3.06. The minimum atomic E-state index is -3.47. The zero-order valence-corrected chi connectivity index (χ0v) is 9.24. The first kappa shape index (κ1) is 11.7. The Morgan fingerprint density at radius 3 is 2.40 bits per heavy atom. The highest BCUT2D eigenvalue weighted by Crippen LogP contribution is 2.17. The van der Waals surface area contributed by atoms with Crippen LogP contribution in [-0.2, 0) is 10.0 Å². The van der Waals surface area contributed by atoms with Gasteiger partial charge in [-0.3, -0.25) is 0 Å². The summed E-state index contributed by atoms with van der Waals surface area (Å²) in [5, 5.41) is 9.04. The van der Waals surface area contributed by atoms with Crippen molar-refractivity contribution in [3.05, 3.63) is 36.9 Å². The van der Waals surface area contributed by atoms with E-state index in [0.29, 0.717) is 0 Å². The highest BCUT2D eigenvalue weighted by molar-refractivity contribution is 7.89. The predicted molar refractivity (Wildman–Crippen MR) is 58.1 cm³/mol. The third-order valence-corrected chi connectivity index (χ3v) is 3.77. The maximum atomic E-state index is 11.8. The lowest BCUT2D eigenvalue weighted by molar-refractivity contribution is 0.474. The van der Waals surface area contributed by atoms with Crippen LogP contribution in [0.3, 0.4) is 0 Å². The number of aromatic hydroxyl groups is 1. The van der Waals surface area contributed by atoms with Gasteiger partial charge in [-0.2, -0.15) is 4.31 Å². The van der Waals surface area contributed by atoms with Crippen molar-refractivity contribution >= 4 is 10.0 Å². The monoisotopic (exact) mass is 227 g/mol. The topological polar surface area (TPSA) is 57.6 Å². The van der Waals surface area contributed by atoms with E-state index in [2.05, 4.69) is 6.58 Å². The zero-order chi connectivity index (χ0) is 11.5. The van der Waals surface area contributed by atoms with Crippen LogP contribution < -0.4 is 0 Å². The van der Waals surface area contributed by atoms with Crippen LogP contribution in [0, 0.1) is 0 Å². The molecule has 0 aliphatic carbocycles. The van der Waals surface area contributed by atoms with Crippen LogP contribution in [0.25, 0.3) is 0 Å². The molecule has 0 aromatic heterocycles. The smallest absolute Gasteiger partial charge is 0.243 e. The summed E-state index contributed by atoms with van der Waals surface area (Å²) in [5.41, 5.74) is 0. The van der Waals surface area contributed by atoms with Gasteiger partial charge in [-0.15, -0.1) is 6.58 Å². The predicted octanol–water partition coefficient (Wildman–Crippen LogP) is 1.20. The van der Waals surface area contributed by atoms with Gasteiger partial charge in [0.25, 0.3) is 0 Å². The van der Waals surface area contributed by atoms with E-state index in [0.717, 1.165) is 0 Å². The fourth-order valence-electron chi connectivity index (χ4n) is 1.08. The van der Waals surface area contributed by atoms with Crippen LogP contribution in [0.2, 0.25) is 0 Å². The van der Waals surface area contributed by atoms with Gasteiger partial charge in [-0.05, 0) is 24.3 Å². The van der Waals surface area contributed by atoms with Crippen molar-refractivity contribution in [1.82, 2.24) is 4.31 Å². The van der Waals surface area contributed by atoms with Crippen LogP contribution in [0.1, 0.15) is 0 Å². The van der Waals surface area contributed by atoms with Crippen molar-refractivity contribution in [2.45, 2.75) is 4.90 Å². The van der Waals surface area contributed by atoms with Gasteiger partial charge in [-0.25, -0.2) is 8.42 Å². The Morgan fingerprint density at radius 1 is 1.40 bits per heavy atom. The van der Waals surface area contributed by atoms with Gasteiger partial charge in [0.1, 0.15) is 5.75 Å². The summed E-state index contributed by atoms with van der Waals surface area (Å²) in [6.45, 7) is 3.73. The quantitative estimate of drug-likeness (QED) is 0.786. The average molecular weight is 227 g/mol. The second kappa shape index (κ2) is 4.46. The normalized spacial score (nSPS) is 11.6. The number of benzene rings is 1. The van der Waals surface area contributed by atoms with E-state index in [1.807, 2.05) is 0 Å². The molecule has 0 aliphatic heterocycles. The Morgan fingerprint density at radius 2 is 1.93 bits per heavy atom. The molecule has 0 heterocycles. The molecule has 0 fully saturated rings. The molecule has 1 aromatic carbocycles. The summed E-state index contributed by atoms with van der Waals surface area (Å²) >= 11 is 0. The largest absolute Gasteiger partial charge is 0.508 e. The second-order valence-corrected chi connectivity index (χ2v) is 5.11. The summed E-state index contributed by atoms with van der Waals surface area (Å²) in [4.78, 5) is 0.157. The molecule has 15 heavy (non-hydrogen) atoms. The molecular formula is C10H13NO3S. The van der Waals surface area contributed by atoms with Crippen molar-refractivity contribution in [3.8, 4) is 5.75 Å². The van der Waals surface area contributed by atoms with E-state index in [1.165, 1.54) is 41.7 Å². The molecule has 0 spiro atoms. The number of hydrogen-bond donors (Lipinski definition) is 1. The molecular weight excluding hydrogens is 214 g/mol. The molecule has 0 aliphatic rings. The number of hydrogen-bond acceptors (Lipinski definition) is 3. The molecule has 0 radical (unpaired) electrons. The molecule has 0 saturated heterocycles. The average Bonchev–Trinajstić information content (AvgIpc) is 2.18. The fraction of sp³-hybridized carbons (Fsp3) is 0.200. The maximum absolute atomic E-state index is 11.8. The summed E-state index contributed by atoms with van der Waals surface area (Å²) in [5.74, 6) is 0.0420. The van der Waals surface area contributed by atoms with E-state index in [-0.39, 0.29) is 17.2 Å². The van der Waals surface area contributed by atoms with Gasteiger partial charge in [0.2, 0.25) is 10.0 Å². The number of nitrogens with zero attached hydrogens (tertiary/aromatic N) is 1. The molecule has 1 aromatic rings. The Labute approximate surface area is 89.5 Å². The molecule has 1 rings (SSSR count). The first-order chi connectivity index (χ1) is 6.98. The minimum Gasteiger partial charge on any atom is -0.508 e. The maximum Gasteiger partial charge on any atom is 0.243 e. The second-order valence-electron chi connectivity index (χ2n) is 3.07. The van der Waals surface area contributed by atoms with Gasteiger partial charge >= 0.3 is 0 Å². The van der Waals surface area contributed by atoms with E-state index in [9.17, 15) is 8.42 Å². The molecule has 82 valence electrons. The standard InChI is InChI=1S/C10H13NO3S/c1-3-8-11(2)15(13,14)10-6-4-9(12)5-7-10/h3-7,12H,1,8H2,2H3. The number of likely N-dealkylation sites (N-methyl/N-ethyl adjacent to an activating group) is 1. The fourth-order valence-corrected chi connectivity index (χ4v) is 2.22. The van der Waals surface area contributed by atoms with E-state index in [1.54, 1.807) is 0 Å². The highest BCUT2D eigenvalue weighted by Gasteiger charge is 2.18. The molecule has 0 saturated carbocycles. The van der Waals surface area contributed by atoms with Gasteiger partial charge in [-0.1, -0.05) is 6.08 Å². The van der Waals surface area contributed by atoms with Crippen molar-refractivity contribution in [2.75, 3.05) is 13.6 Å². The van der Waals surface area contributed by atoms with Crippen molar-refractivity contribution in [2.24, 2.45) is 0 Å². The molecule has 0 bridgehead atoms. The van der Waals surface area contributed by atoms with E-state index in [4.69, 9.17) is 5.11 Å².